The number of piperidine rings is 1. The quantitative estimate of drug-likeness (QED) is 0.680. The van der Waals surface area contributed by atoms with Crippen molar-refractivity contribution in [2.24, 2.45) is 5.92 Å². The first-order chi connectivity index (χ1) is 13.7. The summed E-state index contributed by atoms with van der Waals surface area (Å²) >= 11 is 0. The van der Waals surface area contributed by atoms with Gasteiger partial charge in [-0.15, -0.1) is 0 Å². The number of amides is 1. The lowest BCUT2D eigenvalue weighted by Gasteiger charge is -2.31. The first-order valence-corrected chi connectivity index (χ1v) is 9.33. The second-order valence-electron chi connectivity index (χ2n) is 6.91. The van der Waals surface area contributed by atoms with Crippen molar-refractivity contribution in [3.8, 4) is 11.9 Å². The van der Waals surface area contributed by atoms with Crippen LogP contribution in [0.1, 0.15) is 24.1 Å². The van der Waals surface area contributed by atoms with Crippen LogP contribution in [-0.2, 0) is 11.2 Å². The third-order valence-electron chi connectivity index (χ3n) is 5.09. The molecule has 0 spiro atoms. The molecule has 3 heterocycles. The molecule has 3 aromatic rings. The second kappa shape index (κ2) is 8.09. The summed E-state index contributed by atoms with van der Waals surface area (Å²) < 4.78 is 11.0. The third kappa shape index (κ3) is 3.81. The summed E-state index contributed by atoms with van der Waals surface area (Å²) in [6.07, 6.45) is 3.59. The standard InChI is InChI=1S/C21H20N4O3/c22-13-16-4-3-9-23-21(16)27-14-15-7-10-25(11-8-15)20(26)12-18-17-5-1-2-6-19(17)28-24-18/h1-6,9,15H,7-8,10-12,14H2. The Balaban J connectivity index is 1.29. The number of nitriles is 1. The molecule has 0 radical (unpaired) electrons. The van der Waals surface area contributed by atoms with Gasteiger partial charge < -0.3 is 14.2 Å². The Labute approximate surface area is 162 Å². The monoisotopic (exact) mass is 376 g/mol. The molecule has 28 heavy (non-hydrogen) atoms. The van der Waals surface area contributed by atoms with Gasteiger partial charge in [0.2, 0.25) is 11.8 Å². The predicted octanol–water partition coefficient (Wildman–Crippen LogP) is 2.95. The van der Waals surface area contributed by atoms with Gasteiger partial charge in [0.1, 0.15) is 17.3 Å². The molecule has 0 unspecified atom stereocenters. The highest BCUT2D eigenvalue weighted by Gasteiger charge is 2.25. The van der Waals surface area contributed by atoms with E-state index in [1.54, 1.807) is 18.3 Å². The number of ether oxygens (including phenoxy) is 1. The number of rotatable bonds is 5. The van der Waals surface area contributed by atoms with Crippen LogP contribution in [0.3, 0.4) is 0 Å². The van der Waals surface area contributed by atoms with Crippen molar-refractivity contribution in [2.45, 2.75) is 19.3 Å². The second-order valence-corrected chi connectivity index (χ2v) is 6.91. The number of aromatic nitrogens is 2. The number of benzene rings is 1. The van der Waals surface area contributed by atoms with Crippen molar-refractivity contribution in [1.29, 1.82) is 5.26 Å². The highest BCUT2D eigenvalue weighted by Crippen LogP contribution is 2.22. The van der Waals surface area contributed by atoms with E-state index in [2.05, 4.69) is 16.2 Å². The van der Waals surface area contributed by atoms with E-state index in [4.69, 9.17) is 14.5 Å². The summed E-state index contributed by atoms with van der Waals surface area (Å²) in [7, 11) is 0. The van der Waals surface area contributed by atoms with Gasteiger partial charge in [-0.1, -0.05) is 17.3 Å². The highest BCUT2D eigenvalue weighted by molar-refractivity contribution is 5.86. The minimum absolute atomic E-state index is 0.0647. The van der Waals surface area contributed by atoms with Gasteiger partial charge >= 0.3 is 0 Å². The van der Waals surface area contributed by atoms with Crippen molar-refractivity contribution in [3.63, 3.8) is 0 Å². The molecule has 1 amide bonds. The number of carbonyl (C=O) groups is 1. The fourth-order valence-electron chi connectivity index (χ4n) is 3.46. The Morgan fingerprint density at radius 1 is 1.25 bits per heavy atom. The highest BCUT2D eigenvalue weighted by atomic mass is 16.5. The zero-order chi connectivity index (χ0) is 19.3. The maximum absolute atomic E-state index is 12.6. The van der Waals surface area contributed by atoms with Gasteiger partial charge in [0.05, 0.1) is 13.0 Å². The van der Waals surface area contributed by atoms with Crippen LogP contribution in [-0.4, -0.2) is 40.6 Å². The molecule has 0 saturated carbocycles. The zero-order valence-electron chi connectivity index (χ0n) is 15.4. The molecule has 1 fully saturated rings. The number of hydrogen-bond acceptors (Lipinski definition) is 6. The Kier molecular flexibility index (Phi) is 5.20. The Morgan fingerprint density at radius 2 is 2.07 bits per heavy atom. The molecule has 1 aliphatic heterocycles. The average molecular weight is 376 g/mol. The summed E-state index contributed by atoms with van der Waals surface area (Å²) in [4.78, 5) is 18.6. The van der Waals surface area contributed by atoms with Crippen LogP contribution in [0.5, 0.6) is 5.88 Å². The molecule has 1 aliphatic rings. The molecule has 1 aromatic carbocycles. The molecule has 142 valence electrons. The number of para-hydroxylation sites is 1. The number of hydrogen-bond donors (Lipinski definition) is 0. The van der Waals surface area contributed by atoms with Crippen LogP contribution in [0.2, 0.25) is 0 Å². The maximum atomic E-state index is 12.6. The SMILES string of the molecule is N#Cc1cccnc1OCC1CCN(C(=O)Cc2noc3ccccc23)CC1. The van der Waals surface area contributed by atoms with Crippen LogP contribution < -0.4 is 4.74 Å². The Hall–Kier alpha value is -3.40. The average Bonchev–Trinajstić information content (AvgIpc) is 3.15. The van der Waals surface area contributed by atoms with E-state index in [1.807, 2.05) is 29.2 Å². The molecule has 7 heteroatoms. The van der Waals surface area contributed by atoms with E-state index in [0.717, 1.165) is 18.2 Å². The zero-order valence-corrected chi connectivity index (χ0v) is 15.4. The van der Waals surface area contributed by atoms with Crippen molar-refractivity contribution in [2.75, 3.05) is 19.7 Å². The van der Waals surface area contributed by atoms with E-state index in [9.17, 15) is 4.79 Å². The lowest BCUT2D eigenvalue weighted by molar-refractivity contribution is -0.132. The van der Waals surface area contributed by atoms with Gasteiger partial charge in [0.25, 0.3) is 0 Å². The molecule has 4 rings (SSSR count). The normalized spacial score (nSPS) is 14.8. The van der Waals surface area contributed by atoms with Crippen LogP contribution in [0.25, 0.3) is 11.0 Å². The first kappa shape index (κ1) is 18.0. The summed E-state index contributed by atoms with van der Waals surface area (Å²) in [6, 6.07) is 13.1. The number of likely N-dealkylation sites (tertiary alicyclic amines) is 1. The van der Waals surface area contributed by atoms with Crippen molar-refractivity contribution < 1.29 is 14.1 Å². The molecule has 0 bridgehead atoms. The van der Waals surface area contributed by atoms with E-state index >= 15 is 0 Å². The van der Waals surface area contributed by atoms with E-state index in [1.165, 1.54) is 0 Å². The molecule has 7 nitrogen and oxygen atoms in total. The van der Waals surface area contributed by atoms with Crippen molar-refractivity contribution >= 4 is 16.9 Å². The summed E-state index contributed by atoms with van der Waals surface area (Å²) in [5.41, 5.74) is 1.83. The van der Waals surface area contributed by atoms with Crippen LogP contribution in [0.15, 0.2) is 47.1 Å². The number of nitrogens with zero attached hydrogens (tertiary/aromatic N) is 4. The van der Waals surface area contributed by atoms with E-state index in [0.29, 0.717) is 48.3 Å². The van der Waals surface area contributed by atoms with E-state index < -0.39 is 0 Å². The van der Waals surface area contributed by atoms with Crippen LogP contribution >= 0.6 is 0 Å². The topological polar surface area (TPSA) is 92.2 Å². The largest absolute Gasteiger partial charge is 0.476 e. The van der Waals surface area contributed by atoms with Gasteiger partial charge in [0, 0.05) is 24.7 Å². The lowest BCUT2D eigenvalue weighted by atomic mass is 9.97. The molecule has 2 aromatic heterocycles. The molecular weight excluding hydrogens is 356 g/mol. The van der Waals surface area contributed by atoms with E-state index in [-0.39, 0.29) is 12.3 Å². The third-order valence-corrected chi connectivity index (χ3v) is 5.09. The number of pyridine rings is 1. The van der Waals surface area contributed by atoms with Crippen LogP contribution in [0.4, 0.5) is 0 Å². The Bertz CT molecular complexity index is 1020. The minimum atomic E-state index is 0.0647. The molecule has 0 atom stereocenters. The van der Waals surface area contributed by atoms with Crippen LogP contribution in [0, 0.1) is 17.2 Å². The summed E-state index contributed by atoms with van der Waals surface area (Å²) in [6.45, 7) is 1.88. The fraction of sp³-hybridized carbons (Fsp3) is 0.333. The predicted molar refractivity (Wildman–Crippen MR) is 101 cm³/mol. The van der Waals surface area contributed by atoms with Gasteiger partial charge in [-0.2, -0.15) is 5.26 Å². The Morgan fingerprint density at radius 3 is 2.89 bits per heavy atom. The first-order valence-electron chi connectivity index (χ1n) is 9.33. The smallest absolute Gasteiger partial charge is 0.231 e. The van der Waals surface area contributed by atoms with Crippen molar-refractivity contribution in [1.82, 2.24) is 15.0 Å². The van der Waals surface area contributed by atoms with Gasteiger partial charge in [-0.05, 0) is 43.0 Å². The fourth-order valence-corrected chi connectivity index (χ4v) is 3.46. The number of carbonyl (C=O) groups excluding carboxylic acids is 1. The van der Waals surface area contributed by atoms with Crippen molar-refractivity contribution in [3.05, 3.63) is 53.9 Å². The maximum Gasteiger partial charge on any atom is 0.231 e. The summed E-state index contributed by atoms with van der Waals surface area (Å²) in [5.74, 6) is 0.779. The van der Waals surface area contributed by atoms with Gasteiger partial charge in [-0.25, -0.2) is 4.98 Å². The molecular formula is C21H20N4O3. The van der Waals surface area contributed by atoms with Gasteiger partial charge in [-0.3, -0.25) is 4.79 Å². The van der Waals surface area contributed by atoms with Gasteiger partial charge in [0.15, 0.2) is 5.58 Å². The summed E-state index contributed by atoms with van der Waals surface area (Å²) in [5, 5.41) is 14.0. The molecule has 0 N–H and O–H groups in total. The minimum Gasteiger partial charge on any atom is -0.476 e. The number of fused-ring (bicyclic) bond motifs is 1. The molecule has 1 saturated heterocycles. The lowest BCUT2D eigenvalue weighted by Crippen LogP contribution is -2.40. The molecule has 0 aliphatic carbocycles.